The number of nitrogens with zero attached hydrogens (tertiary/aromatic N) is 6. The second-order valence-electron chi connectivity index (χ2n) is 14.2. The number of fused-ring (bicyclic) bond motifs is 1. The Morgan fingerprint density at radius 3 is 2.00 bits per heavy atom. The Hall–Kier alpha value is -4.16. The van der Waals surface area contributed by atoms with Gasteiger partial charge in [0.25, 0.3) is 0 Å². The van der Waals surface area contributed by atoms with Gasteiger partial charge in [0, 0.05) is 61.3 Å². The highest BCUT2D eigenvalue weighted by Gasteiger charge is 2.38. The quantitative estimate of drug-likeness (QED) is 0.162. The van der Waals surface area contributed by atoms with Crippen LogP contribution >= 0.6 is 0 Å². The van der Waals surface area contributed by atoms with E-state index in [9.17, 15) is 26.3 Å². The fraction of sp³-hybridized carbons (Fsp3) is 0.486. The van der Waals surface area contributed by atoms with Crippen LogP contribution in [-0.2, 0) is 37.3 Å². The molecular weight excluding hydrogens is 632 g/mol. The third-order valence-electron chi connectivity index (χ3n) is 9.57. The topological polar surface area (TPSA) is 73.8 Å². The fourth-order valence-corrected chi connectivity index (χ4v) is 6.57. The number of anilines is 2. The standard InChI is InChI=1S/C35H37F6N7/c1-33(2)9-7-24-13-25(31(45-30(24)33)47(17-21-3-4-21)18-22-5-6-22)20-48(32-42-15-26(16-43-32)29-8-10-44-46-29)19-23-11-27(34(36,37)38)14-28(12-23)35(39,40)41/h8,10-16,21-22H,3-7,9,17-20H2,1-2H3,(H,44,46). The van der Waals surface area contributed by atoms with Crippen molar-refractivity contribution in [1.29, 1.82) is 0 Å². The second-order valence-corrected chi connectivity index (χ2v) is 14.2. The molecule has 48 heavy (non-hydrogen) atoms. The second kappa shape index (κ2) is 12.1. The molecule has 0 unspecified atom stereocenters. The van der Waals surface area contributed by atoms with Crippen LogP contribution in [0.1, 0.15) is 79.5 Å². The summed E-state index contributed by atoms with van der Waals surface area (Å²) in [6.07, 6.45) is 1.25. The monoisotopic (exact) mass is 669 g/mol. The molecule has 7 nitrogen and oxygen atoms in total. The molecule has 3 aliphatic carbocycles. The van der Waals surface area contributed by atoms with Crippen molar-refractivity contribution < 1.29 is 26.3 Å². The third-order valence-corrected chi connectivity index (χ3v) is 9.57. The minimum absolute atomic E-state index is 0.107. The van der Waals surface area contributed by atoms with Gasteiger partial charge in [-0.25, -0.2) is 15.0 Å². The Labute approximate surface area is 274 Å². The molecular formula is C35H37F6N7. The van der Waals surface area contributed by atoms with Crippen LogP contribution < -0.4 is 9.80 Å². The van der Waals surface area contributed by atoms with Crippen LogP contribution in [0, 0.1) is 11.8 Å². The molecule has 2 fully saturated rings. The Kier molecular flexibility index (Phi) is 8.14. The molecule has 7 rings (SSSR count). The maximum atomic E-state index is 13.8. The van der Waals surface area contributed by atoms with Crippen LogP contribution in [0.4, 0.5) is 38.1 Å². The smallest absolute Gasteiger partial charge is 0.356 e. The van der Waals surface area contributed by atoms with Crippen LogP contribution in [0.2, 0.25) is 0 Å². The largest absolute Gasteiger partial charge is 0.416 e. The summed E-state index contributed by atoms with van der Waals surface area (Å²) in [4.78, 5) is 18.4. The lowest BCUT2D eigenvalue weighted by atomic mass is 9.90. The maximum Gasteiger partial charge on any atom is 0.416 e. The summed E-state index contributed by atoms with van der Waals surface area (Å²) in [6, 6.07) is 5.59. The van der Waals surface area contributed by atoms with E-state index in [4.69, 9.17) is 4.98 Å². The van der Waals surface area contributed by atoms with Gasteiger partial charge in [0.2, 0.25) is 5.95 Å². The lowest BCUT2D eigenvalue weighted by Gasteiger charge is -2.31. The third kappa shape index (κ3) is 7.14. The van der Waals surface area contributed by atoms with E-state index >= 15 is 0 Å². The molecule has 0 atom stereocenters. The molecule has 3 aliphatic rings. The van der Waals surface area contributed by atoms with Crippen molar-refractivity contribution >= 4 is 11.8 Å². The van der Waals surface area contributed by atoms with Gasteiger partial charge in [-0.3, -0.25) is 5.10 Å². The van der Waals surface area contributed by atoms with Gasteiger partial charge in [-0.2, -0.15) is 31.4 Å². The highest BCUT2D eigenvalue weighted by Crippen LogP contribution is 2.43. The highest BCUT2D eigenvalue weighted by molar-refractivity contribution is 5.58. The number of nitrogens with one attached hydrogen (secondary N) is 1. The number of rotatable bonds is 11. The number of aromatic nitrogens is 5. The summed E-state index contributed by atoms with van der Waals surface area (Å²) >= 11 is 0. The summed E-state index contributed by atoms with van der Waals surface area (Å²) in [5.74, 6) is 2.17. The predicted molar refractivity (Wildman–Crippen MR) is 169 cm³/mol. The number of alkyl halides is 6. The number of H-pyrrole nitrogens is 1. The molecule has 0 saturated heterocycles. The SMILES string of the molecule is CC1(C)CCc2cc(CN(Cc3cc(C(F)(F)F)cc(C(F)(F)F)c3)c3ncc(-c4cc[nH]n4)cn3)c(N(CC3CC3)CC3CC3)nc21. The number of halogens is 6. The lowest BCUT2D eigenvalue weighted by molar-refractivity contribution is -0.143. The van der Waals surface area contributed by atoms with Crippen LogP contribution in [-0.4, -0.2) is 38.2 Å². The first kappa shape index (κ1) is 32.4. The van der Waals surface area contributed by atoms with E-state index in [0.717, 1.165) is 86.4 Å². The van der Waals surface area contributed by atoms with E-state index in [2.05, 4.69) is 45.0 Å². The maximum absolute atomic E-state index is 13.8. The van der Waals surface area contributed by atoms with Crippen LogP contribution in [0.25, 0.3) is 11.3 Å². The van der Waals surface area contributed by atoms with E-state index in [0.29, 0.717) is 23.1 Å². The van der Waals surface area contributed by atoms with Gasteiger partial charge in [-0.15, -0.1) is 0 Å². The van der Waals surface area contributed by atoms with E-state index in [1.54, 1.807) is 29.6 Å². The zero-order chi connectivity index (χ0) is 33.8. The van der Waals surface area contributed by atoms with Crippen molar-refractivity contribution in [3.05, 3.63) is 82.4 Å². The van der Waals surface area contributed by atoms with Crippen molar-refractivity contribution in [3.63, 3.8) is 0 Å². The molecule has 0 aliphatic heterocycles. The molecule has 13 heteroatoms. The molecule has 1 aromatic carbocycles. The molecule has 2 saturated carbocycles. The van der Waals surface area contributed by atoms with E-state index in [-0.39, 0.29) is 36.1 Å². The predicted octanol–water partition coefficient (Wildman–Crippen LogP) is 8.36. The first-order chi connectivity index (χ1) is 22.7. The number of benzene rings is 1. The highest BCUT2D eigenvalue weighted by atomic mass is 19.4. The van der Waals surface area contributed by atoms with Gasteiger partial charge >= 0.3 is 12.4 Å². The fourth-order valence-electron chi connectivity index (χ4n) is 6.57. The first-order valence-corrected chi connectivity index (χ1v) is 16.4. The first-order valence-electron chi connectivity index (χ1n) is 16.4. The normalized spacial score (nSPS) is 17.4. The van der Waals surface area contributed by atoms with Gasteiger partial charge in [-0.05, 0) is 91.8 Å². The Bertz CT molecular complexity index is 1710. The van der Waals surface area contributed by atoms with Crippen molar-refractivity contribution in [3.8, 4) is 11.3 Å². The van der Waals surface area contributed by atoms with Gasteiger partial charge in [0.1, 0.15) is 5.82 Å². The van der Waals surface area contributed by atoms with Crippen molar-refractivity contribution in [1.82, 2.24) is 25.1 Å². The minimum atomic E-state index is -4.96. The summed E-state index contributed by atoms with van der Waals surface area (Å²) in [7, 11) is 0. The van der Waals surface area contributed by atoms with Crippen molar-refractivity contribution in [2.45, 2.75) is 83.2 Å². The number of aryl methyl sites for hydroxylation is 1. The molecule has 0 bridgehead atoms. The summed E-state index contributed by atoms with van der Waals surface area (Å²) in [6.45, 7) is 5.96. The molecule has 254 valence electrons. The molecule has 1 N–H and O–H groups in total. The summed E-state index contributed by atoms with van der Waals surface area (Å²) in [5, 5.41) is 6.88. The lowest BCUT2D eigenvalue weighted by Crippen LogP contribution is -2.33. The van der Waals surface area contributed by atoms with Crippen LogP contribution in [0.15, 0.2) is 48.9 Å². The van der Waals surface area contributed by atoms with E-state index < -0.39 is 23.5 Å². The Morgan fingerprint density at radius 2 is 1.46 bits per heavy atom. The van der Waals surface area contributed by atoms with E-state index in [1.165, 1.54) is 0 Å². The zero-order valence-corrected chi connectivity index (χ0v) is 26.8. The molecule has 3 heterocycles. The van der Waals surface area contributed by atoms with Gasteiger partial charge in [0.15, 0.2) is 0 Å². The average molecular weight is 670 g/mol. The molecule has 0 amide bonds. The average Bonchev–Trinajstić information content (AvgIpc) is 3.95. The number of pyridine rings is 1. The number of hydrogen-bond donors (Lipinski definition) is 1. The Morgan fingerprint density at radius 1 is 0.833 bits per heavy atom. The zero-order valence-electron chi connectivity index (χ0n) is 26.8. The van der Waals surface area contributed by atoms with Crippen LogP contribution in [0.5, 0.6) is 0 Å². The number of hydrogen-bond acceptors (Lipinski definition) is 6. The number of aromatic amines is 1. The summed E-state index contributed by atoms with van der Waals surface area (Å²) in [5.41, 5.74) is 1.27. The Balaban J connectivity index is 1.32. The van der Waals surface area contributed by atoms with Crippen LogP contribution in [0.3, 0.4) is 0 Å². The van der Waals surface area contributed by atoms with Gasteiger partial charge in [-0.1, -0.05) is 13.8 Å². The molecule has 0 radical (unpaired) electrons. The van der Waals surface area contributed by atoms with E-state index in [1.807, 2.05) is 0 Å². The van der Waals surface area contributed by atoms with Gasteiger partial charge < -0.3 is 9.80 Å². The van der Waals surface area contributed by atoms with Crippen molar-refractivity contribution in [2.24, 2.45) is 11.8 Å². The van der Waals surface area contributed by atoms with Gasteiger partial charge in [0.05, 0.1) is 22.5 Å². The minimum Gasteiger partial charge on any atom is -0.356 e. The molecule has 3 aromatic heterocycles. The van der Waals surface area contributed by atoms with Crippen molar-refractivity contribution in [2.75, 3.05) is 22.9 Å². The summed E-state index contributed by atoms with van der Waals surface area (Å²) < 4.78 is 83.1. The molecule has 4 aromatic rings. The molecule has 0 spiro atoms.